The molecule has 168 valence electrons. The van der Waals surface area contributed by atoms with E-state index in [1.165, 1.54) is 47.8 Å². The lowest BCUT2D eigenvalue weighted by molar-refractivity contribution is 0.0735. The fourth-order valence-corrected chi connectivity index (χ4v) is 6.75. The van der Waals surface area contributed by atoms with E-state index >= 15 is 0 Å². The zero-order chi connectivity index (χ0) is 22.1. The first-order valence-corrected chi connectivity index (χ1v) is 13.2. The van der Waals surface area contributed by atoms with Gasteiger partial charge in [-0.25, -0.2) is 18.2 Å². The average Bonchev–Trinajstić information content (AvgIpc) is 3.50. The molecular formula is C23H25N3O4S2. The van der Waals surface area contributed by atoms with E-state index in [1.807, 2.05) is 12.1 Å². The number of carbonyl (C=O) groups excluding carboxylic acids is 1. The Balaban J connectivity index is 1.30. The zero-order valence-electron chi connectivity index (χ0n) is 17.7. The number of piperidine rings is 1. The van der Waals surface area contributed by atoms with Gasteiger partial charge in [0.05, 0.1) is 20.7 Å². The molecule has 1 aromatic heterocycles. The number of thiazole rings is 1. The molecule has 0 spiro atoms. The summed E-state index contributed by atoms with van der Waals surface area (Å²) in [5, 5.41) is 1.01. The van der Waals surface area contributed by atoms with E-state index < -0.39 is 16.0 Å². The molecule has 0 saturated carbocycles. The molecule has 32 heavy (non-hydrogen) atoms. The first-order chi connectivity index (χ1) is 15.5. The van der Waals surface area contributed by atoms with E-state index in [0.29, 0.717) is 24.4 Å². The summed E-state index contributed by atoms with van der Waals surface area (Å²) >= 11 is 1.61. The van der Waals surface area contributed by atoms with E-state index in [9.17, 15) is 13.2 Å². The fourth-order valence-electron chi connectivity index (χ4n) is 4.18. The second-order valence-corrected chi connectivity index (χ2v) is 11.1. The minimum Gasteiger partial charge on any atom is -0.423 e. The molecule has 0 unspecified atom stereocenters. The molecular weight excluding hydrogens is 446 g/mol. The van der Waals surface area contributed by atoms with Crippen molar-refractivity contribution in [1.82, 2.24) is 9.29 Å². The molecule has 2 aliphatic rings. The summed E-state index contributed by atoms with van der Waals surface area (Å²) < 4.78 is 33.3. The van der Waals surface area contributed by atoms with Crippen molar-refractivity contribution in [1.29, 1.82) is 0 Å². The second kappa shape index (κ2) is 8.80. The Morgan fingerprint density at radius 2 is 1.59 bits per heavy atom. The third kappa shape index (κ3) is 4.24. The number of aromatic nitrogens is 1. The normalized spacial score (nSPS) is 17.7. The number of benzene rings is 2. The molecule has 0 amide bonds. The Morgan fingerprint density at radius 1 is 0.906 bits per heavy atom. The first kappa shape index (κ1) is 21.4. The van der Waals surface area contributed by atoms with Gasteiger partial charge >= 0.3 is 5.97 Å². The maximum atomic E-state index is 12.6. The van der Waals surface area contributed by atoms with Gasteiger partial charge in [0.15, 0.2) is 5.13 Å². The van der Waals surface area contributed by atoms with Gasteiger partial charge in [-0.2, -0.15) is 4.31 Å². The summed E-state index contributed by atoms with van der Waals surface area (Å²) in [5.41, 5.74) is 1.20. The molecule has 3 heterocycles. The largest absolute Gasteiger partial charge is 0.423 e. The summed E-state index contributed by atoms with van der Waals surface area (Å²) in [7, 11) is -3.50. The number of rotatable bonds is 5. The second-order valence-electron chi connectivity index (χ2n) is 8.20. The number of carbonyl (C=O) groups is 1. The Kier molecular flexibility index (Phi) is 5.88. The smallest absolute Gasteiger partial charge is 0.343 e. The van der Waals surface area contributed by atoms with Gasteiger partial charge in [-0.15, -0.1) is 0 Å². The molecule has 0 atom stereocenters. The highest BCUT2D eigenvalue weighted by Crippen LogP contribution is 2.33. The molecule has 2 saturated heterocycles. The summed E-state index contributed by atoms with van der Waals surface area (Å²) in [4.78, 5) is 19.9. The minimum absolute atomic E-state index is 0.201. The number of hydrogen-bond donors (Lipinski definition) is 0. The number of anilines is 1. The summed E-state index contributed by atoms with van der Waals surface area (Å²) in [6.07, 6.45) is 5.42. The lowest BCUT2D eigenvalue weighted by atomic mass is 10.1. The molecule has 2 fully saturated rings. The van der Waals surface area contributed by atoms with Crippen LogP contribution in [0.1, 0.15) is 42.5 Å². The van der Waals surface area contributed by atoms with Gasteiger partial charge < -0.3 is 9.64 Å². The van der Waals surface area contributed by atoms with Gasteiger partial charge in [-0.1, -0.05) is 11.3 Å². The maximum absolute atomic E-state index is 12.6. The van der Waals surface area contributed by atoms with Crippen molar-refractivity contribution in [2.24, 2.45) is 0 Å². The third-order valence-electron chi connectivity index (χ3n) is 5.98. The Hall–Kier alpha value is -2.49. The molecule has 9 heteroatoms. The predicted octanol–water partition coefficient (Wildman–Crippen LogP) is 4.29. The van der Waals surface area contributed by atoms with Crippen LogP contribution in [0.4, 0.5) is 5.13 Å². The highest BCUT2D eigenvalue weighted by molar-refractivity contribution is 7.89. The molecule has 3 aromatic rings. The number of nitrogens with zero attached hydrogens (tertiary/aromatic N) is 3. The molecule has 0 bridgehead atoms. The van der Waals surface area contributed by atoms with E-state index in [4.69, 9.17) is 9.72 Å². The van der Waals surface area contributed by atoms with Gasteiger partial charge in [-0.05, 0) is 68.5 Å². The van der Waals surface area contributed by atoms with Crippen LogP contribution in [0.15, 0.2) is 47.4 Å². The molecule has 2 aliphatic heterocycles. The van der Waals surface area contributed by atoms with Crippen molar-refractivity contribution in [3.05, 3.63) is 48.0 Å². The van der Waals surface area contributed by atoms with Crippen molar-refractivity contribution in [3.63, 3.8) is 0 Å². The molecule has 0 radical (unpaired) electrons. The first-order valence-electron chi connectivity index (χ1n) is 11.0. The summed E-state index contributed by atoms with van der Waals surface area (Å²) in [6, 6.07) is 11.4. The topological polar surface area (TPSA) is 79.8 Å². The lowest BCUT2D eigenvalue weighted by Crippen LogP contribution is -2.29. The standard InChI is InChI=1S/C23H25N3O4S2/c27-22(17-6-9-19(10-7-17)32(28,29)26-14-4-5-15-26)30-18-8-11-20-21(16-18)31-23(24-20)25-12-2-1-3-13-25/h6-11,16H,1-5,12-15H2. The van der Waals surface area contributed by atoms with E-state index in [2.05, 4.69) is 4.90 Å². The molecule has 5 rings (SSSR count). The van der Waals surface area contributed by atoms with Crippen molar-refractivity contribution in [2.75, 3.05) is 31.1 Å². The third-order valence-corrected chi connectivity index (χ3v) is 8.97. The average molecular weight is 472 g/mol. The number of esters is 1. The van der Waals surface area contributed by atoms with Gasteiger partial charge in [0.1, 0.15) is 5.75 Å². The van der Waals surface area contributed by atoms with Crippen molar-refractivity contribution < 1.29 is 17.9 Å². The molecule has 0 aliphatic carbocycles. The van der Waals surface area contributed by atoms with Crippen LogP contribution in [0.5, 0.6) is 5.75 Å². The number of sulfonamides is 1. The van der Waals surface area contributed by atoms with Crippen LogP contribution in [0, 0.1) is 0 Å². The van der Waals surface area contributed by atoms with Gasteiger partial charge in [0.2, 0.25) is 10.0 Å². The molecule has 7 nitrogen and oxygen atoms in total. The fraction of sp³-hybridized carbons (Fsp3) is 0.391. The number of hydrogen-bond acceptors (Lipinski definition) is 7. The Labute approximate surface area is 191 Å². The van der Waals surface area contributed by atoms with Crippen LogP contribution in [0.25, 0.3) is 10.2 Å². The lowest BCUT2D eigenvalue weighted by Gasteiger charge is -2.25. The van der Waals surface area contributed by atoms with Crippen molar-refractivity contribution >= 4 is 42.7 Å². The van der Waals surface area contributed by atoms with Crippen molar-refractivity contribution in [2.45, 2.75) is 37.0 Å². The van der Waals surface area contributed by atoms with E-state index in [1.54, 1.807) is 17.4 Å². The maximum Gasteiger partial charge on any atom is 0.343 e. The van der Waals surface area contributed by atoms with Gasteiger partial charge in [-0.3, -0.25) is 0 Å². The molecule has 0 N–H and O–H groups in total. The quantitative estimate of drug-likeness (QED) is 0.408. The summed E-state index contributed by atoms with van der Waals surface area (Å²) in [5.74, 6) is -0.0691. The van der Waals surface area contributed by atoms with Crippen LogP contribution >= 0.6 is 11.3 Å². The van der Waals surface area contributed by atoms with Crippen LogP contribution in [-0.4, -0.2) is 49.9 Å². The van der Waals surface area contributed by atoms with Crippen LogP contribution in [0.3, 0.4) is 0 Å². The zero-order valence-corrected chi connectivity index (χ0v) is 19.3. The van der Waals surface area contributed by atoms with Crippen LogP contribution in [-0.2, 0) is 10.0 Å². The SMILES string of the molecule is O=C(Oc1ccc2nc(N3CCCCC3)sc2c1)c1ccc(S(=O)(=O)N2CCCC2)cc1. The Bertz CT molecular complexity index is 1230. The molecule has 2 aromatic carbocycles. The van der Waals surface area contributed by atoms with Crippen LogP contribution < -0.4 is 9.64 Å². The van der Waals surface area contributed by atoms with E-state index in [-0.39, 0.29) is 4.90 Å². The Morgan fingerprint density at radius 3 is 2.31 bits per heavy atom. The van der Waals surface area contributed by atoms with Crippen LogP contribution in [0.2, 0.25) is 0 Å². The summed E-state index contributed by atoms with van der Waals surface area (Å²) in [6.45, 7) is 3.16. The monoisotopic (exact) mass is 471 g/mol. The van der Waals surface area contributed by atoms with Gasteiger partial charge in [0.25, 0.3) is 0 Å². The number of ether oxygens (including phenoxy) is 1. The minimum atomic E-state index is -3.50. The highest BCUT2D eigenvalue weighted by atomic mass is 32.2. The van der Waals surface area contributed by atoms with Gasteiger partial charge in [0, 0.05) is 32.2 Å². The predicted molar refractivity (Wildman–Crippen MR) is 125 cm³/mol. The van der Waals surface area contributed by atoms with Crippen molar-refractivity contribution in [3.8, 4) is 5.75 Å². The van der Waals surface area contributed by atoms with E-state index in [0.717, 1.165) is 41.3 Å². The highest BCUT2D eigenvalue weighted by Gasteiger charge is 2.27. The number of fused-ring (bicyclic) bond motifs is 1.